The zero-order valence-electron chi connectivity index (χ0n) is 23.5. The molecule has 1 aromatic heterocycles. The molecule has 3 N–H and O–H groups in total. The molecule has 1 saturated heterocycles. The summed E-state index contributed by atoms with van der Waals surface area (Å²) in [5.41, 5.74) is 5.05. The van der Waals surface area contributed by atoms with Crippen LogP contribution in [-0.2, 0) is 23.9 Å². The lowest BCUT2D eigenvalue weighted by atomic mass is 10.0. The highest BCUT2D eigenvalue weighted by Crippen LogP contribution is 2.25. The van der Waals surface area contributed by atoms with Crippen molar-refractivity contribution < 1.29 is 28.7 Å². The average molecular weight is 552 g/mol. The number of rotatable bonds is 1. The van der Waals surface area contributed by atoms with Gasteiger partial charge in [-0.2, -0.15) is 0 Å². The van der Waals surface area contributed by atoms with E-state index in [1.165, 1.54) is 5.01 Å². The minimum absolute atomic E-state index is 0.249. The van der Waals surface area contributed by atoms with Gasteiger partial charge in [0.25, 0.3) is 11.8 Å². The Kier molecular flexibility index (Phi) is 9.03. The van der Waals surface area contributed by atoms with Crippen LogP contribution < -0.4 is 20.8 Å². The molecule has 0 aliphatic carbocycles. The van der Waals surface area contributed by atoms with E-state index in [1.54, 1.807) is 52.8 Å². The highest BCUT2D eigenvalue weighted by molar-refractivity contribution is 5.93. The maximum atomic E-state index is 13.2. The van der Waals surface area contributed by atoms with E-state index < -0.39 is 54.0 Å². The number of hydrogen-bond acceptors (Lipinski definition) is 8. The van der Waals surface area contributed by atoms with Gasteiger partial charge in [-0.15, -0.1) is 0 Å². The Morgan fingerprint density at radius 3 is 2.33 bits per heavy atom. The summed E-state index contributed by atoms with van der Waals surface area (Å²) in [4.78, 5) is 56.9. The molecule has 4 heterocycles. The van der Waals surface area contributed by atoms with Crippen LogP contribution >= 0.6 is 0 Å². The molecule has 5 rings (SSSR count). The molecule has 1 fully saturated rings. The second-order valence-electron chi connectivity index (χ2n) is 10.6. The normalized spacial score (nSPS) is 26.6. The molecule has 3 aliphatic rings. The molecule has 0 saturated carbocycles. The standard InChI is InChI=1S/C29H37N5O6/c1-16(2)25-27(36)30-17(3)28(37)34-15-7-10-24(33-34)29(38)40-18(4)22-8-6-9-23(31-22)20-11-13-21(14-12-20)39-19(5)26(35)32-25/h6,8-9,11-14,16-19,24-25,33H,7,10,15H2,1-5H3,(H,30,36)(H,32,35). The summed E-state index contributed by atoms with van der Waals surface area (Å²) in [6.45, 7) is 8.91. The first-order valence-electron chi connectivity index (χ1n) is 13.7. The van der Waals surface area contributed by atoms with Crippen LogP contribution in [0.1, 0.15) is 59.3 Å². The summed E-state index contributed by atoms with van der Waals surface area (Å²) >= 11 is 0. The van der Waals surface area contributed by atoms with Crippen LogP contribution in [0, 0.1) is 5.92 Å². The minimum atomic E-state index is -0.899. The van der Waals surface area contributed by atoms with Gasteiger partial charge in [-0.25, -0.2) is 10.4 Å². The van der Waals surface area contributed by atoms with E-state index in [-0.39, 0.29) is 5.92 Å². The molecule has 40 heavy (non-hydrogen) atoms. The van der Waals surface area contributed by atoms with Crippen LogP contribution in [0.3, 0.4) is 0 Å². The highest BCUT2D eigenvalue weighted by Gasteiger charge is 2.34. The van der Waals surface area contributed by atoms with Crippen molar-refractivity contribution in [2.45, 2.75) is 77.8 Å². The maximum absolute atomic E-state index is 13.2. The molecule has 2 aromatic rings. The lowest BCUT2D eigenvalue weighted by Gasteiger charge is -2.35. The molecule has 0 spiro atoms. The third-order valence-corrected chi connectivity index (χ3v) is 7.03. The van der Waals surface area contributed by atoms with Crippen molar-refractivity contribution in [1.82, 2.24) is 26.1 Å². The van der Waals surface area contributed by atoms with E-state index in [0.717, 1.165) is 5.56 Å². The number of nitrogens with one attached hydrogen (secondary N) is 3. The second kappa shape index (κ2) is 12.5. The third-order valence-electron chi connectivity index (χ3n) is 7.03. The van der Waals surface area contributed by atoms with Gasteiger partial charge in [0, 0.05) is 12.1 Å². The van der Waals surface area contributed by atoms with E-state index in [9.17, 15) is 19.2 Å². The van der Waals surface area contributed by atoms with E-state index in [0.29, 0.717) is 36.5 Å². The Balaban J connectivity index is 1.63. The second-order valence-corrected chi connectivity index (χ2v) is 10.6. The first-order chi connectivity index (χ1) is 19.0. The van der Waals surface area contributed by atoms with Gasteiger partial charge in [-0.1, -0.05) is 19.9 Å². The van der Waals surface area contributed by atoms with Crippen LogP contribution in [0.4, 0.5) is 0 Å². The molecule has 3 amide bonds. The number of benzene rings is 1. The number of pyridine rings is 1. The third kappa shape index (κ3) is 6.77. The fourth-order valence-corrected chi connectivity index (χ4v) is 4.64. The van der Waals surface area contributed by atoms with Gasteiger partial charge in [0.05, 0.1) is 11.4 Å². The number of hydrogen-bond donors (Lipinski definition) is 3. The molecule has 11 nitrogen and oxygen atoms in total. The van der Waals surface area contributed by atoms with Crippen LogP contribution in [0.25, 0.3) is 11.3 Å². The number of esters is 1. The van der Waals surface area contributed by atoms with Crippen molar-refractivity contribution in [3.63, 3.8) is 0 Å². The summed E-state index contributed by atoms with van der Waals surface area (Å²) < 4.78 is 11.6. The first kappa shape index (κ1) is 29.0. The summed E-state index contributed by atoms with van der Waals surface area (Å²) in [7, 11) is 0. The van der Waals surface area contributed by atoms with Crippen molar-refractivity contribution in [3.05, 3.63) is 48.2 Å². The fourth-order valence-electron chi connectivity index (χ4n) is 4.64. The van der Waals surface area contributed by atoms with Crippen molar-refractivity contribution in [1.29, 1.82) is 0 Å². The van der Waals surface area contributed by atoms with E-state index >= 15 is 0 Å². The zero-order valence-corrected chi connectivity index (χ0v) is 23.5. The number of ether oxygens (including phenoxy) is 2. The van der Waals surface area contributed by atoms with Gasteiger partial charge in [0.15, 0.2) is 6.10 Å². The summed E-state index contributed by atoms with van der Waals surface area (Å²) in [6, 6.07) is 10.1. The fraction of sp³-hybridized carbons (Fsp3) is 0.483. The molecule has 1 aromatic carbocycles. The van der Waals surface area contributed by atoms with Gasteiger partial charge in [-0.3, -0.25) is 24.2 Å². The number of nitrogens with zero attached hydrogens (tertiary/aromatic N) is 2. The molecule has 0 radical (unpaired) electrons. The summed E-state index contributed by atoms with van der Waals surface area (Å²) in [5, 5.41) is 6.80. The zero-order chi connectivity index (χ0) is 29.0. The van der Waals surface area contributed by atoms with Gasteiger partial charge in [-0.05, 0) is 75.9 Å². The largest absolute Gasteiger partial charge is 0.481 e. The van der Waals surface area contributed by atoms with Gasteiger partial charge >= 0.3 is 5.97 Å². The Labute approximate surface area is 234 Å². The topological polar surface area (TPSA) is 139 Å². The lowest BCUT2D eigenvalue weighted by Crippen LogP contribution is -2.61. The van der Waals surface area contributed by atoms with Crippen LogP contribution in [-0.4, -0.2) is 64.5 Å². The van der Waals surface area contributed by atoms with Crippen molar-refractivity contribution in [3.8, 4) is 17.0 Å². The van der Waals surface area contributed by atoms with Crippen molar-refractivity contribution >= 4 is 23.7 Å². The molecular weight excluding hydrogens is 514 g/mol. The van der Waals surface area contributed by atoms with E-state index in [4.69, 9.17) is 9.47 Å². The summed E-state index contributed by atoms with van der Waals surface area (Å²) in [5.74, 6) is -1.61. The summed E-state index contributed by atoms with van der Waals surface area (Å²) in [6.07, 6.45) is -0.410. The molecule has 5 atom stereocenters. The number of aromatic nitrogens is 1. The Morgan fingerprint density at radius 2 is 1.62 bits per heavy atom. The first-order valence-corrected chi connectivity index (χ1v) is 13.7. The Hall–Kier alpha value is -3.99. The van der Waals surface area contributed by atoms with E-state index in [1.807, 2.05) is 24.3 Å². The number of carbonyl (C=O) groups excluding carboxylic acids is 4. The monoisotopic (exact) mass is 551 g/mol. The molecule has 11 heteroatoms. The quantitative estimate of drug-likeness (QED) is 0.362. The van der Waals surface area contributed by atoms with Gasteiger partial charge in [0.2, 0.25) is 5.91 Å². The number of carbonyl (C=O) groups is 4. The molecule has 6 bridgehead atoms. The molecular formula is C29H37N5O6. The SMILES string of the molecule is CC1NC(=O)C(C(C)C)NC(=O)C(C)Oc2ccc(cc2)-c2cccc(n2)C(C)OC(=O)C2CCCN(N2)C1=O. The van der Waals surface area contributed by atoms with Crippen LogP contribution in [0.5, 0.6) is 5.75 Å². The number of hydrazine groups is 1. The van der Waals surface area contributed by atoms with Gasteiger partial charge in [0.1, 0.15) is 30.0 Å². The Bertz CT molecular complexity index is 1250. The van der Waals surface area contributed by atoms with E-state index in [2.05, 4.69) is 21.0 Å². The molecule has 3 aliphatic heterocycles. The minimum Gasteiger partial charge on any atom is -0.481 e. The smallest absolute Gasteiger partial charge is 0.325 e. The van der Waals surface area contributed by atoms with Gasteiger partial charge < -0.3 is 20.1 Å². The molecule has 214 valence electrons. The predicted molar refractivity (Wildman–Crippen MR) is 147 cm³/mol. The van der Waals surface area contributed by atoms with Crippen molar-refractivity contribution in [2.75, 3.05) is 6.54 Å². The van der Waals surface area contributed by atoms with Crippen molar-refractivity contribution in [2.24, 2.45) is 5.92 Å². The average Bonchev–Trinajstić information content (AvgIpc) is 2.95. The van der Waals surface area contributed by atoms with Crippen LogP contribution in [0.2, 0.25) is 0 Å². The predicted octanol–water partition coefficient (Wildman–Crippen LogP) is 2.27. The van der Waals surface area contributed by atoms with Crippen LogP contribution in [0.15, 0.2) is 42.5 Å². The number of fused-ring (bicyclic) bond motifs is 12. The molecule has 5 unspecified atom stereocenters. The Morgan fingerprint density at radius 1 is 0.900 bits per heavy atom. The highest BCUT2D eigenvalue weighted by atomic mass is 16.5. The maximum Gasteiger partial charge on any atom is 0.325 e. The number of amides is 3. The lowest BCUT2D eigenvalue weighted by molar-refractivity contribution is -0.157.